The minimum Gasteiger partial charge on any atom is -0.381 e. The zero-order chi connectivity index (χ0) is 21.1. The van der Waals surface area contributed by atoms with Gasteiger partial charge in [-0.15, -0.1) is 0 Å². The molecule has 0 bridgehead atoms. The van der Waals surface area contributed by atoms with Crippen LogP contribution in [0.2, 0.25) is 5.02 Å². The number of hydrogen-bond donors (Lipinski definition) is 2. The molecule has 1 aliphatic heterocycles. The minimum atomic E-state index is -0.169. The molecule has 0 radical (unpaired) electrons. The minimum absolute atomic E-state index is 0.169. The van der Waals surface area contributed by atoms with Gasteiger partial charge >= 0.3 is 0 Å². The average Bonchev–Trinajstić information content (AvgIpc) is 3.17. The van der Waals surface area contributed by atoms with Crippen molar-refractivity contribution in [2.24, 2.45) is 0 Å². The number of rotatable bonds is 6. The van der Waals surface area contributed by atoms with Crippen molar-refractivity contribution in [3.05, 3.63) is 52.3 Å². The Morgan fingerprint density at radius 2 is 2.10 bits per heavy atom. The number of fused-ring (bicyclic) bond motifs is 1. The lowest BCUT2D eigenvalue weighted by Crippen LogP contribution is -2.30. The molecule has 3 aromatic rings. The van der Waals surface area contributed by atoms with Gasteiger partial charge in [-0.25, -0.2) is 9.67 Å². The van der Waals surface area contributed by atoms with E-state index < -0.39 is 0 Å². The number of halogens is 1. The number of pyridine rings is 1. The first kappa shape index (κ1) is 20.6. The molecule has 0 unspecified atom stereocenters. The Morgan fingerprint density at radius 1 is 1.30 bits per heavy atom. The molecule has 1 fully saturated rings. The highest BCUT2D eigenvalue weighted by atomic mass is 35.5. The molecular weight excluding hydrogens is 402 g/mol. The van der Waals surface area contributed by atoms with Crippen LogP contribution in [0.1, 0.15) is 41.3 Å². The second-order valence-corrected chi connectivity index (χ2v) is 7.97. The zero-order valence-electron chi connectivity index (χ0n) is 17.2. The maximum Gasteiger partial charge on any atom is 0.255 e. The SMILES string of the molecule is CCn1ncc2c(NC3CCOCC3)c(C(=O)NCc3ccc(Cl)cc3C)cnc21. The fourth-order valence-electron chi connectivity index (χ4n) is 3.76. The number of nitrogens with zero attached hydrogens (tertiary/aromatic N) is 3. The molecule has 8 heteroatoms. The molecule has 158 valence electrons. The number of carbonyl (C=O) groups excluding carboxylic acids is 1. The van der Waals surface area contributed by atoms with Crippen molar-refractivity contribution in [1.82, 2.24) is 20.1 Å². The van der Waals surface area contributed by atoms with Gasteiger partial charge in [-0.2, -0.15) is 5.10 Å². The molecule has 0 atom stereocenters. The highest BCUT2D eigenvalue weighted by Gasteiger charge is 2.22. The second kappa shape index (κ2) is 9.02. The lowest BCUT2D eigenvalue weighted by atomic mass is 10.1. The summed E-state index contributed by atoms with van der Waals surface area (Å²) in [5.74, 6) is -0.169. The Bertz CT molecular complexity index is 1060. The highest BCUT2D eigenvalue weighted by Crippen LogP contribution is 2.28. The number of aromatic nitrogens is 3. The number of carbonyl (C=O) groups is 1. The van der Waals surface area contributed by atoms with Gasteiger partial charge in [0.1, 0.15) is 0 Å². The van der Waals surface area contributed by atoms with E-state index in [-0.39, 0.29) is 11.9 Å². The van der Waals surface area contributed by atoms with Crippen LogP contribution in [0.25, 0.3) is 11.0 Å². The molecule has 2 N–H and O–H groups in total. The molecule has 30 heavy (non-hydrogen) atoms. The van der Waals surface area contributed by atoms with E-state index in [2.05, 4.69) is 20.7 Å². The Labute approximate surface area is 180 Å². The first-order chi connectivity index (χ1) is 14.6. The lowest BCUT2D eigenvalue weighted by molar-refractivity contribution is 0.0904. The summed E-state index contributed by atoms with van der Waals surface area (Å²) in [4.78, 5) is 17.6. The second-order valence-electron chi connectivity index (χ2n) is 7.53. The molecule has 0 aliphatic carbocycles. The summed E-state index contributed by atoms with van der Waals surface area (Å²) < 4.78 is 7.31. The normalized spacial score (nSPS) is 14.8. The van der Waals surface area contributed by atoms with Crippen molar-refractivity contribution in [2.75, 3.05) is 18.5 Å². The van der Waals surface area contributed by atoms with Crippen molar-refractivity contribution >= 4 is 34.2 Å². The predicted octanol–water partition coefficient (Wildman–Crippen LogP) is 3.93. The first-order valence-electron chi connectivity index (χ1n) is 10.3. The third kappa shape index (κ3) is 4.27. The van der Waals surface area contributed by atoms with Crippen LogP contribution in [0.4, 0.5) is 5.69 Å². The average molecular weight is 428 g/mol. The zero-order valence-corrected chi connectivity index (χ0v) is 18.0. The van der Waals surface area contributed by atoms with E-state index in [1.807, 2.05) is 36.7 Å². The van der Waals surface area contributed by atoms with E-state index in [1.54, 1.807) is 12.4 Å². The van der Waals surface area contributed by atoms with Crippen molar-refractivity contribution in [2.45, 2.75) is 45.8 Å². The van der Waals surface area contributed by atoms with Crippen LogP contribution in [0.3, 0.4) is 0 Å². The van der Waals surface area contributed by atoms with Crippen LogP contribution in [-0.4, -0.2) is 39.9 Å². The number of hydrogen-bond acceptors (Lipinski definition) is 5. The molecule has 7 nitrogen and oxygen atoms in total. The van der Waals surface area contributed by atoms with E-state index in [0.717, 1.165) is 53.9 Å². The Kier molecular flexibility index (Phi) is 6.20. The summed E-state index contributed by atoms with van der Waals surface area (Å²) in [5, 5.41) is 12.6. The van der Waals surface area contributed by atoms with Gasteiger partial charge in [-0.1, -0.05) is 17.7 Å². The molecule has 2 aromatic heterocycles. The van der Waals surface area contributed by atoms with Crippen LogP contribution in [-0.2, 0) is 17.8 Å². The largest absolute Gasteiger partial charge is 0.381 e. The maximum atomic E-state index is 13.1. The number of aryl methyl sites for hydroxylation is 2. The molecule has 1 saturated heterocycles. The predicted molar refractivity (Wildman–Crippen MR) is 118 cm³/mol. The maximum absolute atomic E-state index is 13.1. The lowest BCUT2D eigenvalue weighted by Gasteiger charge is -2.25. The topological polar surface area (TPSA) is 81.1 Å². The third-order valence-electron chi connectivity index (χ3n) is 5.52. The number of amides is 1. The molecule has 0 spiro atoms. The third-order valence-corrected chi connectivity index (χ3v) is 5.76. The summed E-state index contributed by atoms with van der Waals surface area (Å²) in [6.07, 6.45) is 5.23. The summed E-state index contributed by atoms with van der Waals surface area (Å²) in [5.41, 5.74) is 4.16. The van der Waals surface area contributed by atoms with Gasteiger partial charge in [0.05, 0.1) is 22.8 Å². The van der Waals surface area contributed by atoms with Crippen LogP contribution < -0.4 is 10.6 Å². The summed E-state index contributed by atoms with van der Waals surface area (Å²) in [7, 11) is 0. The molecular formula is C22H26ClN5O2. The Balaban J connectivity index is 1.62. The smallest absolute Gasteiger partial charge is 0.255 e. The first-order valence-corrected chi connectivity index (χ1v) is 10.7. The van der Waals surface area contributed by atoms with E-state index in [4.69, 9.17) is 16.3 Å². The van der Waals surface area contributed by atoms with Crippen LogP contribution >= 0.6 is 11.6 Å². The van der Waals surface area contributed by atoms with Gasteiger partial charge in [0.2, 0.25) is 0 Å². The van der Waals surface area contributed by atoms with Gasteiger partial charge in [0.15, 0.2) is 5.65 Å². The van der Waals surface area contributed by atoms with Gasteiger partial charge < -0.3 is 15.4 Å². The number of anilines is 1. The summed E-state index contributed by atoms with van der Waals surface area (Å²) in [6.45, 7) is 6.58. The highest BCUT2D eigenvalue weighted by molar-refractivity contribution is 6.30. The molecule has 0 saturated carbocycles. The van der Waals surface area contributed by atoms with Gasteiger partial charge in [-0.3, -0.25) is 4.79 Å². The van der Waals surface area contributed by atoms with Crippen LogP contribution in [0, 0.1) is 6.92 Å². The van der Waals surface area contributed by atoms with Crippen molar-refractivity contribution in [3.63, 3.8) is 0 Å². The Morgan fingerprint density at radius 3 is 2.83 bits per heavy atom. The van der Waals surface area contributed by atoms with Crippen LogP contribution in [0.15, 0.2) is 30.6 Å². The standard InChI is InChI=1S/C22H26ClN5O2/c1-3-28-21-18(13-26-28)20(27-17-6-8-30-9-7-17)19(12-24-21)22(29)25-11-15-4-5-16(23)10-14(15)2/h4-5,10,12-13,17H,3,6-9,11H2,1-2H3,(H,24,27)(H,25,29). The summed E-state index contributed by atoms with van der Waals surface area (Å²) in [6, 6.07) is 5.92. The number of ether oxygens (including phenoxy) is 1. The van der Waals surface area contributed by atoms with Crippen molar-refractivity contribution in [3.8, 4) is 0 Å². The monoisotopic (exact) mass is 427 g/mol. The van der Waals surface area contributed by atoms with E-state index in [9.17, 15) is 4.79 Å². The van der Waals surface area contributed by atoms with E-state index in [1.165, 1.54) is 0 Å². The number of benzene rings is 1. The van der Waals surface area contributed by atoms with Gasteiger partial charge in [-0.05, 0) is 49.9 Å². The molecule has 1 aliphatic rings. The molecule has 1 aromatic carbocycles. The molecule has 1 amide bonds. The fraction of sp³-hybridized carbons (Fsp3) is 0.409. The quantitative estimate of drug-likeness (QED) is 0.622. The molecule has 3 heterocycles. The van der Waals surface area contributed by atoms with E-state index >= 15 is 0 Å². The fourth-order valence-corrected chi connectivity index (χ4v) is 3.99. The Hall–Kier alpha value is -2.64. The van der Waals surface area contributed by atoms with Crippen molar-refractivity contribution in [1.29, 1.82) is 0 Å². The van der Waals surface area contributed by atoms with Crippen molar-refractivity contribution < 1.29 is 9.53 Å². The van der Waals surface area contributed by atoms with Crippen LogP contribution in [0.5, 0.6) is 0 Å². The summed E-state index contributed by atoms with van der Waals surface area (Å²) >= 11 is 6.04. The van der Waals surface area contributed by atoms with E-state index in [0.29, 0.717) is 23.7 Å². The number of nitrogens with one attached hydrogen (secondary N) is 2. The van der Waals surface area contributed by atoms with Gasteiger partial charge in [0, 0.05) is 43.6 Å². The van der Waals surface area contributed by atoms with Gasteiger partial charge in [0.25, 0.3) is 5.91 Å². The molecule has 4 rings (SSSR count).